The molecule has 3 rings (SSSR count). The van der Waals surface area contributed by atoms with E-state index in [1.807, 2.05) is 48.5 Å². The molecule has 0 aliphatic carbocycles. The fourth-order valence-electron chi connectivity index (χ4n) is 3.56. The number of phenolic OH excluding ortho intramolecular Hbond substituents is 1. The maximum atomic E-state index is 13.0. The number of unbranched alkanes of at least 4 members (excludes halogenated alkanes) is 5. The molecular weight excluding hydrogens is 372 g/mol. The first-order valence-electron chi connectivity index (χ1n) is 10.9. The van der Waals surface area contributed by atoms with Crippen LogP contribution in [0.15, 0.2) is 72.8 Å². The first-order chi connectivity index (χ1) is 14.7. The van der Waals surface area contributed by atoms with Gasteiger partial charge in [0.2, 0.25) is 0 Å². The van der Waals surface area contributed by atoms with E-state index in [1.54, 1.807) is 24.3 Å². The third-order valence-corrected chi connectivity index (χ3v) is 5.23. The van der Waals surface area contributed by atoms with Crippen LogP contribution in [-0.2, 0) is 0 Å². The van der Waals surface area contributed by atoms with E-state index < -0.39 is 0 Å². The Kier molecular flexibility index (Phi) is 8.08. The number of phenols is 1. The van der Waals surface area contributed by atoms with Crippen molar-refractivity contribution < 1.29 is 14.6 Å². The highest BCUT2D eigenvalue weighted by Gasteiger charge is 2.16. The van der Waals surface area contributed by atoms with Gasteiger partial charge < -0.3 is 9.84 Å². The molecule has 0 unspecified atom stereocenters. The van der Waals surface area contributed by atoms with Gasteiger partial charge in [-0.1, -0.05) is 93.6 Å². The molecule has 0 saturated heterocycles. The summed E-state index contributed by atoms with van der Waals surface area (Å²) in [5.41, 5.74) is 2.54. The van der Waals surface area contributed by atoms with Crippen LogP contribution in [0.4, 0.5) is 0 Å². The van der Waals surface area contributed by atoms with E-state index in [9.17, 15) is 9.90 Å². The van der Waals surface area contributed by atoms with Gasteiger partial charge in [0.25, 0.3) is 0 Å². The van der Waals surface area contributed by atoms with Crippen LogP contribution in [0.2, 0.25) is 0 Å². The van der Waals surface area contributed by atoms with Gasteiger partial charge in [-0.2, -0.15) is 0 Å². The zero-order valence-corrected chi connectivity index (χ0v) is 17.6. The van der Waals surface area contributed by atoms with Crippen molar-refractivity contribution in [3.63, 3.8) is 0 Å². The van der Waals surface area contributed by atoms with Gasteiger partial charge in [-0.05, 0) is 24.1 Å². The number of hydrogen-bond donors (Lipinski definition) is 1. The Morgan fingerprint density at radius 2 is 1.50 bits per heavy atom. The first kappa shape index (κ1) is 21.6. The zero-order chi connectivity index (χ0) is 21.2. The average molecular weight is 403 g/mol. The average Bonchev–Trinajstić information content (AvgIpc) is 2.79. The Hall–Kier alpha value is -3.07. The normalized spacial score (nSPS) is 10.7. The summed E-state index contributed by atoms with van der Waals surface area (Å²) >= 11 is 0. The van der Waals surface area contributed by atoms with E-state index in [0.29, 0.717) is 34.6 Å². The van der Waals surface area contributed by atoms with Crippen LogP contribution in [0.3, 0.4) is 0 Å². The summed E-state index contributed by atoms with van der Waals surface area (Å²) in [6.07, 6.45) is 7.26. The number of ketones is 1. The second-order valence-electron chi connectivity index (χ2n) is 7.54. The van der Waals surface area contributed by atoms with E-state index in [1.165, 1.54) is 32.1 Å². The molecular formula is C27H30O3. The van der Waals surface area contributed by atoms with Gasteiger partial charge >= 0.3 is 0 Å². The molecule has 0 heterocycles. The van der Waals surface area contributed by atoms with Crippen molar-refractivity contribution in [3.05, 3.63) is 83.9 Å². The monoisotopic (exact) mass is 402 g/mol. The molecule has 0 aromatic heterocycles. The third kappa shape index (κ3) is 5.73. The van der Waals surface area contributed by atoms with Gasteiger partial charge in [0.15, 0.2) is 5.78 Å². The summed E-state index contributed by atoms with van der Waals surface area (Å²) in [6, 6.07) is 21.9. The van der Waals surface area contributed by atoms with Crippen LogP contribution in [0, 0.1) is 0 Å². The van der Waals surface area contributed by atoms with E-state index in [-0.39, 0.29) is 11.5 Å². The standard InChI is InChI=1S/C27H30O3/c1-2-3-4-5-6-12-19-30-22-17-18-24(26(28)20-22)23-15-10-11-16-25(23)27(29)21-13-8-7-9-14-21/h7-11,13-18,20,28H,2-6,12,19H2,1H3. The maximum absolute atomic E-state index is 13.0. The minimum atomic E-state index is -0.0611. The summed E-state index contributed by atoms with van der Waals surface area (Å²) in [4.78, 5) is 13.0. The highest BCUT2D eigenvalue weighted by molar-refractivity contribution is 6.13. The number of ether oxygens (including phenoxy) is 1. The highest BCUT2D eigenvalue weighted by atomic mass is 16.5. The van der Waals surface area contributed by atoms with Crippen LogP contribution in [-0.4, -0.2) is 17.5 Å². The predicted molar refractivity (Wildman–Crippen MR) is 122 cm³/mol. The fraction of sp³-hybridized carbons (Fsp3) is 0.296. The van der Waals surface area contributed by atoms with Gasteiger partial charge in [-0.3, -0.25) is 4.79 Å². The van der Waals surface area contributed by atoms with Crippen molar-refractivity contribution in [2.45, 2.75) is 45.4 Å². The van der Waals surface area contributed by atoms with Gasteiger partial charge in [0.05, 0.1) is 6.61 Å². The van der Waals surface area contributed by atoms with Crippen LogP contribution < -0.4 is 4.74 Å². The maximum Gasteiger partial charge on any atom is 0.193 e. The fourth-order valence-corrected chi connectivity index (χ4v) is 3.56. The minimum absolute atomic E-state index is 0.0611. The molecule has 1 N–H and O–H groups in total. The van der Waals surface area contributed by atoms with Crippen LogP contribution >= 0.6 is 0 Å². The SMILES string of the molecule is CCCCCCCCOc1ccc(-c2ccccc2C(=O)c2ccccc2)c(O)c1. The molecule has 0 aliphatic rings. The Morgan fingerprint density at radius 1 is 0.800 bits per heavy atom. The molecule has 0 saturated carbocycles. The summed E-state index contributed by atoms with van der Waals surface area (Å²) in [6.45, 7) is 2.86. The van der Waals surface area contributed by atoms with Gasteiger partial charge in [0, 0.05) is 22.8 Å². The molecule has 3 aromatic carbocycles. The van der Waals surface area contributed by atoms with E-state index in [2.05, 4.69) is 6.92 Å². The second kappa shape index (κ2) is 11.2. The second-order valence-corrected chi connectivity index (χ2v) is 7.54. The Labute approximate surface area is 179 Å². The van der Waals surface area contributed by atoms with E-state index in [0.717, 1.165) is 6.42 Å². The van der Waals surface area contributed by atoms with Crippen molar-refractivity contribution in [3.8, 4) is 22.6 Å². The predicted octanol–water partition coefficient (Wildman–Crippen LogP) is 7.03. The van der Waals surface area contributed by atoms with E-state index in [4.69, 9.17) is 4.74 Å². The molecule has 3 heteroatoms. The first-order valence-corrected chi connectivity index (χ1v) is 10.9. The molecule has 0 amide bonds. The van der Waals surface area contributed by atoms with Crippen LogP contribution in [0.25, 0.3) is 11.1 Å². The molecule has 0 atom stereocenters. The van der Waals surface area contributed by atoms with Crippen molar-refractivity contribution in [1.29, 1.82) is 0 Å². The minimum Gasteiger partial charge on any atom is -0.507 e. The largest absolute Gasteiger partial charge is 0.507 e. The van der Waals surface area contributed by atoms with Crippen LogP contribution in [0.5, 0.6) is 11.5 Å². The summed E-state index contributed by atoms with van der Waals surface area (Å²) in [5.74, 6) is 0.703. The molecule has 156 valence electrons. The molecule has 0 fully saturated rings. The topological polar surface area (TPSA) is 46.5 Å². The quantitative estimate of drug-likeness (QED) is 0.277. The number of hydrogen-bond acceptors (Lipinski definition) is 3. The molecule has 0 spiro atoms. The number of carbonyl (C=O) groups is 1. The van der Waals surface area contributed by atoms with Crippen molar-refractivity contribution in [2.75, 3.05) is 6.61 Å². The molecule has 0 radical (unpaired) electrons. The summed E-state index contributed by atoms with van der Waals surface area (Å²) in [7, 11) is 0. The Bertz CT molecular complexity index is 947. The Balaban J connectivity index is 1.69. The Morgan fingerprint density at radius 3 is 2.27 bits per heavy atom. The van der Waals surface area contributed by atoms with Gasteiger partial charge in [-0.15, -0.1) is 0 Å². The number of rotatable bonds is 11. The lowest BCUT2D eigenvalue weighted by atomic mass is 9.93. The lowest BCUT2D eigenvalue weighted by Gasteiger charge is -2.12. The smallest absolute Gasteiger partial charge is 0.193 e. The lowest BCUT2D eigenvalue weighted by Crippen LogP contribution is -2.03. The van der Waals surface area contributed by atoms with Crippen LogP contribution in [0.1, 0.15) is 61.4 Å². The molecule has 0 bridgehead atoms. The lowest BCUT2D eigenvalue weighted by molar-refractivity contribution is 0.103. The van der Waals surface area contributed by atoms with Crippen molar-refractivity contribution in [2.24, 2.45) is 0 Å². The van der Waals surface area contributed by atoms with Gasteiger partial charge in [-0.25, -0.2) is 0 Å². The zero-order valence-electron chi connectivity index (χ0n) is 17.6. The molecule has 0 aliphatic heterocycles. The molecule has 3 aromatic rings. The van der Waals surface area contributed by atoms with E-state index >= 15 is 0 Å². The summed E-state index contributed by atoms with van der Waals surface area (Å²) < 4.78 is 5.80. The summed E-state index contributed by atoms with van der Waals surface area (Å²) in [5, 5.41) is 10.6. The van der Waals surface area contributed by atoms with Crippen molar-refractivity contribution in [1.82, 2.24) is 0 Å². The molecule has 30 heavy (non-hydrogen) atoms. The highest BCUT2D eigenvalue weighted by Crippen LogP contribution is 2.35. The van der Waals surface area contributed by atoms with Gasteiger partial charge in [0.1, 0.15) is 11.5 Å². The van der Waals surface area contributed by atoms with Crippen molar-refractivity contribution >= 4 is 5.78 Å². The number of aromatic hydroxyl groups is 1. The number of carbonyl (C=O) groups excluding carboxylic acids is 1. The number of benzene rings is 3. The third-order valence-electron chi connectivity index (χ3n) is 5.23. The molecule has 3 nitrogen and oxygen atoms in total.